The van der Waals surface area contributed by atoms with Crippen LogP contribution in [0, 0.1) is 6.92 Å². The van der Waals surface area contributed by atoms with Crippen LogP contribution in [0.4, 0.5) is 27.8 Å². The van der Waals surface area contributed by atoms with Crippen LogP contribution in [-0.4, -0.2) is 84.5 Å². The molecule has 11 heteroatoms. The highest BCUT2D eigenvalue weighted by Crippen LogP contribution is 2.32. The number of nitrogens with one attached hydrogen (secondary N) is 1. The van der Waals surface area contributed by atoms with Crippen LogP contribution in [-0.2, 0) is 11.0 Å². The molecule has 0 spiro atoms. The number of hydrogen-bond donors (Lipinski definition) is 1. The number of halogens is 5. The van der Waals surface area contributed by atoms with E-state index < -0.39 is 30.2 Å². The smallest absolute Gasteiger partial charge is 0.354 e. The maximum absolute atomic E-state index is 13.4. The highest BCUT2D eigenvalue weighted by molar-refractivity contribution is 5.82. The summed E-state index contributed by atoms with van der Waals surface area (Å²) in [6.07, 6.45) is -4.16. The van der Waals surface area contributed by atoms with Gasteiger partial charge in [0.05, 0.1) is 18.2 Å². The standard InChI is InChI=1S/C20H26F5N5O/c1-13-8-14(20(23,24)25)9-17(27-13)29-6-4-28(5-7-29)15-10-16(26-11-15)18(31)30-3-2-19(21,22)12-30/h8-9,15-16,26H,2-7,10-12H2,1H3/t15-,16-/m0/s1. The molecule has 172 valence electrons. The van der Waals surface area contributed by atoms with Crippen molar-refractivity contribution in [1.82, 2.24) is 20.1 Å². The van der Waals surface area contributed by atoms with E-state index in [0.29, 0.717) is 50.7 Å². The molecule has 2 atom stereocenters. The Morgan fingerprint density at radius 1 is 1.16 bits per heavy atom. The molecule has 0 unspecified atom stereocenters. The topological polar surface area (TPSA) is 51.7 Å². The average molecular weight is 447 g/mol. The van der Waals surface area contributed by atoms with Crippen LogP contribution in [0.2, 0.25) is 0 Å². The van der Waals surface area contributed by atoms with Gasteiger partial charge in [-0.1, -0.05) is 0 Å². The van der Waals surface area contributed by atoms with Crippen molar-refractivity contribution in [2.75, 3.05) is 50.7 Å². The highest BCUT2D eigenvalue weighted by atomic mass is 19.4. The third kappa shape index (κ3) is 4.92. The molecule has 31 heavy (non-hydrogen) atoms. The fourth-order valence-corrected chi connectivity index (χ4v) is 4.62. The van der Waals surface area contributed by atoms with E-state index in [1.807, 2.05) is 4.90 Å². The number of pyridine rings is 1. The van der Waals surface area contributed by atoms with Gasteiger partial charge in [0.2, 0.25) is 5.91 Å². The first-order chi connectivity index (χ1) is 14.5. The summed E-state index contributed by atoms with van der Waals surface area (Å²) in [5.74, 6) is -2.76. The van der Waals surface area contributed by atoms with Crippen molar-refractivity contribution in [3.63, 3.8) is 0 Å². The van der Waals surface area contributed by atoms with Gasteiger partial charge in [0.15, 0.2) is 0 Å². The molecule has 3 aliphatic heterocycles. The van der Waals surface area contributed by atoms with Crippen LogP contribution in [0.3, 0.4) is 0 Å². The van der Waals surface area contributed by atoms with Crippen molar-refractivity contribution in [1.29, 1.82) is 0 Å². The van der Waals surface area contributed by atoms with Gasteiger partial charge in [-0.15, -0.1) is 0 Å². The zero-order valence-electron chi connectivity index (χ0n) is 17.3. The minimum atomic E-state index is -4.42. The number of aryl methyl sites for hydroxylation is 1. The summed E-state index contributed by atoms with van der Waals surface area (Å²) in [6, 6.07) is 1.75. The zero-order valence-corrected chi connectivity index (χ0v) is 17.3. The molecule has 3 aliphatic rings. The van der Waals surface area contributed by atoms with Gasteiger partial charge in [0.1, 0.15) is 5.82 Å². The maximum atomic E-state index is 13.4. The number of hydrogen-bond acceptors (Lipinski definition) is 5. The zero-order chi connectivity index (χ0) is 22.4. The van der Waals surface area contributed by atoms with Crippen LogP contribution in [0.1, 0.15) is 24.1 Å². The van der Waals surface area contributed by atoms with Crippen LogP contribution in [0.5, 0.6) is 0 Å². The Morgan fingerprint density at radius 2 is 1.87 bits per heavy atom. The number of likely N-dealkylation sites (tertiary alicyclic amines) is 1. The van der Waals surface area contributed by atoms with E-state index in [-0.39, 0.29) is 24.9 Å². The molecular formula is C20H26F5N5O. The van der Waals surface area contributed by atoms with E-state index >= 15 is 0 Å². The molecule has 1 aromatic rings. The van der Waals surface area contributed by atoms with Crippen LogP contribution >= 0.6 is 0 Å². The normalized spacial score (nSPS) is 27.2. The molecule has 1 amide bonds. The van der Waals surface area contributed by atoms with Crippen molar-refractivity contribution in [2.24, 2.45) is 0 Å². The number of alkyl halides is 5. The van der Waals surface area contributed by atoms with Gasteiger partial charge in [-0.2, -0.15) is 13.2 Å². The van der Waals surface area contributed by atoms with Gasteiger partial charge in [-0.25, -0.2) is 13.8 Å². The molecule has 0 aromatic carbocycles. The second-order valence-corrected chi connectivity index (χ2v) is 8.59. The summed E-state index contributed by atoms with van der Waals surface area (Å²) in [6.45, 7) is 4.02. The number of anilines is 1. The monoisotopic (exact) mass is 447 g/mol. The minimum absolute atomic E-state index is 0.0801. The lowest BCUT2D eigenvalue weighted by Crippen LogP contribution is -2.51. The first-order valence-electron chi connectivity index (χ1n) is 10.5. The largest absolute Gasteiger partial charge is 0.416 e. The van der Waals surface area contributed by atoms with Crippen molar-refractivity contribution >= 4 is 11.7 Å². The Hall–Kier alpha value is -2.01. The van der Waals surface area contributed by atoms with E-state index in [1.54, 1.807) is 6.92 Å². The predicted molar refractivity (Wildman–Crippen MR) is 104 cm³/mol. The van der Waals surface area contributed by atoms with Crippen molar-refractivity contribution in [3.05, 3.63) is 23.4 Å². The number of nitrogens with zero attached hydrogens (tertiary/aromatic N) is 4. The molecule has 4 heterocycles. The number of piperazine rings is 1. The molecule has 4 rings (SSSR count). The molecule has 1 aromatic heterocycles. The van der Waals surface area contributed by atoms with E-state index in [4.69, 9.17) is 0 Å². The average Bonchev–Trinajstić information content (AvgIpc) is 3.33. The lowest BCUT2D eigenvalue weighted by atomic mass is 10.1. The number of rotatable bonds is 3. The summed E-state index contributed by atoms with van der Waals surface area (Å²) in [4.78, 5) is 22.1. The quantitative estimate of drug-likeness (QED) is 0.720. The second kappa shape index (κ2) is 8.16. The summed E-state index contributed by atoms with van der Waals surface area (Å²) >= 11 is 0. The second-order valence-electron chi connectivity index (χ2n) is 8.59. The van der Waals surface area contributed by atoms with Crippen molar-refractivity contribution in [2.45, 2.75) is 43.9 Å². The Morgan fingerprint density at radius 3 is 2.48 bits per heavy atom. The molecule has 0 saturated carbocycles. The van der Waals surface area contributed by atoms with E-state index in [1.165, 1.54) is 4.90 Å². The van der Waals surface area contributed by atoms with Crippen molar-refractivity contribution in [3.8, 4) is 0 Å². The summed E-state index contributed by atoms with van der Waals surface area (Å²) in [5, 5.41) is 3.15. The van der Waals surface area contributed by atoms with E-state index in [9.17, 15) is 26.7 Å². The highest BCUT2D eigenvalue weighted by Gasteiger charge is 2.44. The van der Waals surface area contributed by atoms with Gasteiger partial charge in [-0.3, -0.25) is 9.69 Å². The first-order valence-corrected chi connectivity index (χ1v) is 10.5. The van der Waals surface area contributed by atoms with Gasteiger partial charge < -0.3 is 15.1 Å². The summed E-state index contributed by atoms with van der Waals surface area (Å²) in [7, 11) is 0. The van der Waals surface area contributed by atoms with Crippen LogP contribution in [0.15, 0.2) is 12.1 Å². The molecule has 6 nitrogen and oxygen atoms in total. The molecular weight excluding hydrogens is 421 g/mol. The molecule has 1 N–H and O–H groups in total. The van der Waals surface area contributed by atoms with Crippen LogP contribution < -0.4 is 10.2 Å². The van der Waals surface area contributed by atoms with Crippen LogP contribution in [0.25, 0.3) is 0 Å². The maximum Gasteiger partial charge on any atom is 0.416 e. The third-order valence-electron chi connectivity index (χ3n) is 6.31. The Balaban J connectivity index is 1.32. The Labute approximate surface area is 177 Å². The predicted octanol–water partition coefficient (Wildman–Crippen LogP) is 2.13. The number of carbonyl (C=O) groups is 1. The summed E-state index contributed by atoms with van der Waals surface area (Å²) < 4.78 is 66.1. The molecule has 0 radical (unpaired) electrons. The third-order valence-corrected chi connectivity index (χ3v) is 6.31. The number of amides is 1. The number of aromatic nitrogens is 1. The van der Waals surface area contributed by atoms with Gasteiger partial charge in [0, 0.05) is 57.4 Å². The lowest BCUT2D eigenvalue weighted by Gasteiger charge is -2.38. The van der Waals surface area contributed by atoms with Crippen molar-refractivity contribution < 1.29 is 26.7 Å². The summed E-state index contributed by atoms with van der Waals surface area (Å²) in [5.41, 5.74) is -0.382. The minimum Gasteiger partial charge on any atom is -0.354 e. The SMILES string of the molecule is Cc1cc(C(F)(F)F)cc(N2CCN([C@@H]3CN[C@H](C(=O)N4CCC(F)(F)C4)C3)CC2)n1. The van der Waals surface area contributed by atoms with E-state index in [0.717, 1.165) is 12.1 Å². The fraction of sp³-hybridized carbons (Fsp3) is 0.700. The molecule has 0 bridgehead atoms. The number of carbonyl (C=O) groups excluding carboxylic acids is 1. The molecule has 3 fully saturated rings. The Kier molecular flexibility index (Phi) is 5.84. The van der Waals surface area contributed by atoms with Gasteiger partial charge in [0.25, 0.3) is 5.92 Å². The molecule has 3 saturated heterocycles. The van der Waals surface area contributed by atoms with Gasteiger partial charge >= 0.3 is 6.18 Å². The Bertz CT molecular complexity index is 825. The van der Waals surface area contributed by atoms with Gasteiger partial charge in [-0.05, 0) is 25.5 Å². The molecule has 0 aliphatic carbocycles. The fourth-order valence-electron chi connectivity index (χ4n) is 4.62. The van der Waals surface area contributed by atoms with E-state index in [2.05, 4.69) is 15.2 Å². The first kappa shape index (κ1) is 22.2. The lowest BCUT2D eigenvalue weighted by molar-refractivity contribution is -0.137.